The van der Waals surface area contributed by atoms with Gasteiger partial charge in [-0.15, -0.1) is 0 Å². The van der Waals surface area contributed by atoms with Crippen molar-refractivity contribution in [1.29, 1.82) is 0 Å². The van der Waals surface area contributed by atoms with E-state index in [1.807, 2.05) is 0 Å². The number of halogens is 1. The van der Waals surface area contributed by atoms with E-state index < -0.39 is 18.2 Å². The second-order valence-corrected chi connectivity index (χ2v) is 4.31. The van der Waals surface area contributed by atoms with Gasteiger partial charge in [-0.3, -0.25) is 0 Å². The fourth-order valence-electron chi connectivity index (χ4n) is 1.45. The SMILES string of the molecule is CCOC(=O)C(C)Oc1ccc(Cl)cc1[C@@H](C)O. The van der Waals surface area contributed by atoms with Crippen molar-refractivity contribution in [2.45, 2.75) is 33.0 Å². The smallest absolute Gasteiger partial charge is 0.347 e. The molecule has 0 aromatic heterocycles. The van der Waals surface area contributed by atoms with Gasteiger partial charge in [0.05, 0.1) is 12.7 Å². The molecule has 0 saturated carbocycles. The Balaban J connectivity index is 2.87. The van der Waals surface area contributed by atoms with Crippen LogP contribution in [-0.2, 0) is 9.53 Å². The van der Waals surface area contributed by atoms with Gasteiger partial charge < -0.3 is 14.6 Å². The first-order valence-electron chi connectivity index (χ1n) is 5.76. The van der Waals surface area contributed by atoms with Crippen molar-refractivity contribution < 1.29 is 19.4 Å². The molecule has 1 unspecified atom stereocenters. The predicted octanol–water partition coefficient (Wildman–Crippen LogP) is 2.72. The van der Waals surface area contributed by atoms with Crippen molar-refractivity contribution in [3.8, 4) is 5.75 Å². The van der Waals surface area contributed by atoms with Crippen LogP contribution in [0.3, 0.4) is 0 Å². The summed E-state index contributed by atoms with van der Waals surface area (Å²) in [6.45, 7) is 5.23. The highest BCUT2D eigenvalue weighted by Crippen LogP contribution is 2.29. The molecule has 0 radical (unpaired) electrons. The Morgan fingerprint density at radius 1 is 1.44 bits per heavy atom. The summed E-state index contributed by atoms with van der Waals surface area (Å²) in [7, 11) is 0. The van der Waals surface area contributed by atoms with E-state index in [1.54, 1.807) is 39.0 Å². The third-order valence-electron chi connectivity index (χ3n) is 2.34. The summed E-state index contributed by atoms with van der Waals surface area (Å²) in [5.74, 6) is -0.0149. The molecule has 0 saturated heterocycles. The summed E-state index contributed by atoms with van der Waals surface area (Å²) in [5, 5.41) is 10.1. The summed E-state index contributed by atoms with van der Waals surface area (Å²) >= 11 is 5.85. The molecule has 2 atom stereocenters. The summed E-state index contributed by atoms with van der Waals surface area (Å²) in [6.07, 6.45) is -1.46. The molecule has 0 heterocycles. The number of benzene rings is 1. The molecule has 0 spiro atoms. The van der Waals surface area contributed by atoms with Crippen molar-refractivity contribution in [3.05, 3.63) is 28.8 Å². The highest BCUT2D eigenvalue weighted by Gasteiger charge is 2.18. The molecule has 0 bridgehead atoms. The molecule has 1 N–H and O–H groups in total. The van der Waals surface area contributed by atoms with Gasteiger partial charge in [0.25, 0.3) is 0 Å². The van der Waals surface area contributed by atoms with Crippen LogP contribution < -0.4 is 4.74 Å². The number of aliphatic hydroxyl groups excluding tert-OH is 1. The maximum absolute atomic E-state index is 11.5. The molecule has 1 aromatic carbocycles. The van der Waals surface area contributed by atoms with E-state index >= 15 is 0 Å². The zero-order chi connectivity index (χ0) is 13.7. The van der Waals surface area contributed by atoms with Gasteiger partial charge in [0.15, 0.2) is 6.10 Å². The second-order valence-electron chi connectivity index (χ2n) is 3.87. The van der Waals surface area contributed by atoms with E-state index in [4.69, 9.17) is 21.1 Å². The molecule has 0 amide bonds. The lowest BCUT2D eigenvalue weighted by Gasteiger charge is -2.17. The van der Waals surface area contributed by atoms with E-state index in [0.29, 0.717) is 22.9 Å². The van der Waals surface area contributed by atoms with Gasteiger partial charge in [0.1, 0.15) is 5.75 Å². The molecule has 0 aliphatic carbocycles. The van der Waals surface area contributed by atoms with Crippen LogP contribution in [0.1, 0.15) is 32.4 Å². The van der Waals surface area contributed by atoms with Crippen LogP contribution in [0, 0.1) is 0 Å². The summed E-state index contributed by atoms with van der Waals surface area (Å²) in [4.78, 5) is 11.5. The average Bonchev–Trinajstić information content (AvgIpc) is 2.31. The highest BCUT2D eigenvalue weighted by molar-refractivity contribution is 6.30. The quantitative estimate of drug-likeness (QED) is 0.838. The molecule has 18 heavy (non-hydrogen) atoms. The van der Waals surface area contributed by atoms with Crippen LogP contribution in [0.15, 0.2) is 18.2 Å². The van der Waals surface area contributed by atoms with Gasteiger partial charge in [0, 0.05) is 10.6 Å². The minimum absolute atomic E-state index is 0.302. The second kappa shape index (κ2) is 6.61. The minimum atomic E-state index is -0.733. The minimum Gasteiger partial charge on any atom is -0.479 e. The molecule has 1 aromatic rings. The van der Waals surface area contributed by atoms with Crippen molar-refractivity contribution in [1.82, 2.24) is 0 Å². The van der Waals surface area contributed by atoms with Gasteiger partial charge >= 0.3 is 5.97 Å². The lowest BCUT2D eigenvalue weighted by Crippen LogP contribution is -2.26. The van der Waals surface area contributed by atoms with E-state index in [1.165, 1.54) is 0 Å². The van der Waals surface area contributed by atoms with Gasteiger partial charge in [0.2, 0.25) is 0 Å². The molecule has 1 rings (SSSR count). The standard InChI is InChI=1S/C13H17ClO4/c1-4-17-13(16)9(3)18-12-6-5-10(14)7-11(12)8(2)15/h5-9,15H,4H2,1-3H3/t8-,9?/m1/s1. The fourth-order valence-corrected chi connectivity index (χ4v) is 1.63. The zero-order valence-corrected chi connectivity index (χ0v) is 11.4. The number of hydrogen-bond acceptors (Lipinski definition) is 4. The Labute approximate surface area is 111 Å². The summed E-state index contributed by atoms with van der Waals surface area (Å²) in [5.41, 5.74) is 0.540. The first-order valence-corrected chi connectivity index (χ1v) is 6.14. The number of carbonyl (C=O) groups excluding carboxylic acids is 1. The van der Waals surface area contributed by atoms with Crippen LogP contribution in [-0.4, -0.2) is 23.8 Å². The lowest BCUT2D eigenvalue weighted by atomic mass is 10.1. The molecule has 0 aliphatic heterocycles. The monoisotopic (exact) mass is 272 g/mol. The molecule has 0 fully saturated rings. The predicted molar refractivity (Wildman–Crippen MR) is 68.8 cm³/mol. The van der Waals surface area contributed by atoms with Crippen LogP contribution in [0.2, 0.25) is 5.02 Å². The van der Waals surface area contributed by atoms with Gasteiger partial charge in [-0.05, 0) is 39.0 Å². The first-order chi connectivity index (χ1) is 8.45. The third kappa shape index (κ3) is 3.89. The number of aliphatic hydroxyl groups is 1. The van der Waals surface area contributed by atoms with Crippen LogP contribution >= 0.6 is 11.6 Å². The first kappa shape index (κ1) is 14.8. The van der Waals surface area contributed by atoms with E-state index in [-0.39, 0.29) is 0 Å². The largest absolute Gasteiger partial charge is 0.479 e. The normalized spacial score (nSPS) is 13.8. The average molecular weight is 273 g/mol. The van der Waals surface area contributed by atoms with E-state index in [9.17, 15) is 9.90 Å². The van der Waals surface area contributed by atoms with Crippen molar-refractivity contribution >= 4 is 17.6 Å². The van der Waals surface area contributed by atoms with Crippen molar-refractivity contribution in [2.75, 3.05) is 6.61 Å². The molecule has 0 aliphatic rings. The Kier molecular flexibility index (Phi) is 5.44. The van der Waals surface area contributed by atoms with Crippen molar-refractivity contribution in [3.63, 3.8) is 0 Å². The van der Waals surface area contributed by atoms with Crippen LogP contribution in [0.5, 0.6) is 5.75 Å². The number of hydrogen-bond donors (Lipinski definition) is 1. The van der Waals surface area contributed by atoms with Gasteiger partial charge in [-0.1, -0.05) is 11.6 Å². The number of rotatable bonds is 5. The molecular weight excluding hydrogens is 256 g/mol. The molecule has 100 valence electrons. The topological polar surface area (TPSA) is 55.8 Å². The molecule has 5 heteroatoms. The number of esters is 1. The van der Waals surface area contributed by atoms with Gasteiger partial charge in [-0.2, -0.15) is 0 Å². The van der Waals surface area contributed by atoms with Crippen molar-refractivity contribution in [2.24, 2.45) is 0 Å². The van der Waals surface area contributed by atoms with Crippen LogP contribution in [0.25, 0.3) is 0 Å². The van der Waals surface area contributed by atoms with E-state index in [0.717, 1.165) is 0 Å². The Morgan fingerprint density at radius 2 is 2.11 bits per heavy atom. The van der Waals surface area contributed by atoms with Crippen LogP contribution in [0.4, 0.5) is 0 Å². The summed E-state index contributed by atoms with van der Waals surface area (Å²) < 4.78 is 10.3. The third-order valence-corrected chi connectivity index (χ3v) is 2.58. The summed E-state index contributed by atoms with van der Waals surface area (Å²) in [6, 6.07) is 4.88. The molecule has 4 nitrogen and oxygen atoms in total. The lowest BCUT2D eigenvalue weighted by molar-refractivity contribution is -0.150. The Morgan fingerprint density at radius 3 is 2.67 bits per heavy atom. The maximum Gasteiger partial charge on any atom is 0.347 e. The maximum atomic E-state index is 11.5. The van der Waals surface area contributed by atoms with Gasteiger partial charge in [-0.25, -0.2) is 4.79 Å². The molecular formula is C13H17ClO4. The Bertz CT molecular complexity index is 417. The number of ether oxygens (including phenoxy) is 2. The zero-order valence-electron chi connectivity index (χ0n) is 10.6. The fraction of sp³-hybridized carbons (Fsp3) is 0.462. The highest BCUT2D eigenvalue weighted by atomic mass is 35.5. The van der Waals surface area contributed by atoms with E-state index in [2.05, 4.69) is 0 Å². The Hall–Kier alpha value is -1.26. The number of carbonyl (C=O) groups is 1.